The fraction of sp³-hybridized carbons (Fsp3) is 0.385. The summed E-state index contributed by atoms with van der Waals surface area (Å²) in [7, 11) is 0. The van der Waals surface area contributed by atoms with Gasteiger partial charge in [0.05, 0.1) is 0 Å². The molecule has 4 heteroatoms. The van der Waals surface area contributed by atoms with Crippen molar-refractivity contribution >= 4 is 11.9 Å². The summed E-state index contributed by atoms with van der Waals surface area (Å²) in [5.74, 6) is -0.226. The second-order valence-corrected chi connectivity index (χ2v) is 4.71. The lowest BCUT2D eigenvalue weighted by molar-refractivity contribution is -0.125. The maximum atomic E-state index is 11.6. The average Bonchev–Trinajstić information content (AvgIpc) is 2.48. The smallest absolute Gasteiger partial charge is 0.310 e. The molecular weight excluding hydrogens is 216 g/mol. The summed E-state index contributed by atoms with van der Waals surface area (Å²) in [6.07, 6.45) is 0.755. The zero-order valence-electron chi connectivity index (χ0n) is 10.1. The third-order valence-corrected chi connectivity index (χ3v) is 3.16. The summed E-state index contributed by atoms with van der Waals surface area (Å²) in [6.45, 7) is 4.07. The van der Waals surface area contributed by atoms with Crippen molar-refractivity contribution in [1.82, 2.24) is 10.2 Å². The Bertz CT molecular complexity index is 440. The summed E-state index contributed by atoms with van der Waals surface area (Å²) in [4.78, 5) is 24.8. The van der Waals surface area contributed by atoms with Crippen LogP contribution >= 0.6 is 0 Å². The van der Waals surface area contributed by atoms with Gasteiger partial charge >= 0.3 is 6.03 Å². The Hall–Kier alpha value is -1.84. The molecule has 0 aliphatic carbocycles. The lowest BCUT2D eigenvalue weighted by Crippen LogP contribution is -2.45. The van der Waals surface area contributed by atoms with Gasteiger partial charge in [-0.1, -0.05) is 30.3 Å². The van der Waals surface area contributed by atoms with E-state index in [1.165, 1.54) is 0 Å². The molecule has 0 spiro atoms. The standard InChI is InChI=1S/C13H16N2O2/c1-13(2)11(16)14-12(17)15(13)9-8-10-6-4-3-5-7-10/h3-7H,8-9H2,1-2H3,(H,14,16,17). The molecule has 1 saturated heterocycles. The average molecular weight is 232 g/mol. The third-order valence-electron chi connectivity index (χ3n) is 3.16. The molecule has 1 aromatic carbocycles. The van der Waals surface area contributed by atoms with Gasteiger partial charge in [-0.05, 0) is 25.8 Å². The Labute approximate surface area is 101 Å². The highest BCUT2D eigenvalue weighted by Gasteiger charge is 2.44. The van der Waals surface area contributed by atoms with Gasteiger partial charge in [0.25, 0.3) is 5.91 Å². The van der Waals surface area contributed by atoms with Gasteiger partial charge in [-0.2, -0.15) is 0 Å². The number of imide groups is 1. The topological polar surface area (TPSA) is 49.4 Å². The van der Waals surface area contributed by atoms with Crippen LogP contribution in [-0.4, -0.2) is 28.9 Å². The summed E-state index contributed by atoms with van der Waals surface area (Å²) >= 11 is 0. The normalized spacial score (nSPS) is 18.4. The molecule has 17 heavy (non-hydrogen) atoms. The molecule has 4 nitrogen and oxygen atoms in total. The molecule has 1 aromatic rings. The molecule has 1 aliphatic rings. The summed E-state index contributed by atoms with van der Waals surface area (Å²) in [5, 5.41) is 2.34. The van der Waals surface area contributed by atoms with E-state index in [-0.39, 0.29) is 11.9 Å². The molecular formula is C13H16N2O2. The lowest BCUT2D eigenvalue weighted by Gasteiger charge is -2.27. The first kappa shape index (κ1) is 11.6. The number of carbonyl (C=O) groups excluding carboxylic acids is 2. The molecule has 1 N–H and O–H groups in total. The molecule has 90 valence electrons. The monoisotopic (exact) mass is 232 g/mol. The molecule has 1 fully saturated rings. The Kier molecular flexibility index (Phi) is 2.88. The Morgan fingerprint density at radius 2 is 1.82 bits per heavy atom. The van der Waals surface area contributed by atoms with E-state index in [2.05, 4.69) is 5.32 Å². The molecule has 2 rings (SSSR count). The van der Waals surface area contributed by atoms with Crippen molar-refractivity contribution in [2.24, 2.45) is 0 Å². The number of rotatable bonds is 3. The van der Waals surface area contributed by atoms with Crippen molar-refractivity contribution in [2.75, 3.05) is 6.54 Å². The molecule has 0 saturated carbocycles. The molecule has 1 heterocycles. The minimum atomic E-state index is -0.744. The van der Waals surface area contributed by atoms with Crippen LogP contribution in [0.15, 0.2) is 30.3 Å². The van der Waals surface area contributed by atoms with Crippen molar-refractivity contribution in [3.05, 3.63) is 35.9 Å². The van der Waals surface area contributed by atoms with Crippen molar-refractivity contribution < 1.29 is 9.59 Å². The van der Waals surface area contributed by atoms with Gasteiger partial charge in [-0.15, -0.1) is 0 Å². The maximum Gasteiger partial charge on any atom is 0.325 e. The van der Waals surface area contributed by atoms with E-state index >= 15 is 0 Å². The SMILES string of the molecule is CC1(C)C(=O)NC(=O)N1CCc1ccccc1. The van der Waals surface area contributed by atoms with E-state index in [4.69, 9.17) is 0 Å². The highest BCUT2D eigenvalue weighted by molar-refractivity contribution is 6.06. The first-order valence-electron chi connectivity index (χ1n) is 5.69. The van der Waals surface area contributed by atoms with Gasteiger partial charge in [0.2, 0.25) is 0 Å². The first-order valence-corrected chi connectivity index (χ1v) is 5.69. The van der Waals surface area contributed by atoms with Gasteiger partial charge < -0.3 is 4.90 Å². The van der Waals surface area contributed by atoms with Crippen molar-refractivity contribution in [1.29, 1.82) is 0 Å². The maximum absolute atomic E-state index is 11.6. The number of hydrogen-bond acceptors (Lipinski definition) is 2. The number of hydrogen-bond donors (Lipinski definition) is 1. The van der Waals surface area contributed by atoms with Crippen LogP contribution in [0.5, 0.6) is 0 Å². The van der Waals surface area contributed by atoms with E-state index in [0.717, 1.165) is 12.0 Å². The highest BCUT2D eigenvalue weighted by atomic mass is 16.2. The summed E-state index contributed by atoms with van der Waals surface area (Å²) in [6, 6.07) is 9.63. The van der Waals surface area contributed by atoms with Gasteiger partial charge in [0.1, 0.15) is 5.54 Å². The van der Waals surface area contributed by atoms with Crippen LogP contribution in [0.25, 0.3) is 0 Å². The van der Waals surface area contributed by atoms with Crippen LogP contribution in [0.1, 0.15) is 19.4 Å². The van der Waals surface area contributed by atoms with Crippen LogP contribution in [0.3, 0.4) is 0 Å². The summed E-state index contributed by atoms with van der Waals surface area (Å²) in [5.41, 5.74) is 0.418. The zero-order chi connectivity index (χ0) is 12.5. The van der Waals surface area contributed by atoms with Crippen LogP contribution in [0.4, 0.5) is 4.79 Å². The predicted molar refractivity (Wildman–Crippen MR) is 64.5 cm³/mol. The van der Waals surface area contributed by atoms with E-state index in [1.807, 2.05) is 30.3 Å². The number of urea groups is 1. The van der Waals surface area contributed by atoms with Crippen LogP contribution in [-0.2, 0) is 11.2 Å². The van der Waals surface area contributed by atoms with Gasteiger partial charge in [-0.3, -0.25) is 10.1 Å². The molecule has 0 aromatic heterocycles. The van der Waals surface area contributed by atoms with Crippen LogP contribution < -0.4 is 5.32 Å². The van der Waals surface area contributed by atoms with Crippen molar-refractivity contribution in [3.63, 3.8) is 0 Å². The zero-order valence-corrected chi connectivity index (χ0v) is 10.1. The number of carbonyl (C=O) groups is 2. The molecule has 1 aliphatic heterocycles. The molecule has 0 atom stereocenters. The quantitative estimate of drug-likeness (QED) is 0.804. The second kappa shape index (κ2) is 4.20. The van der Waals surface area contributed by atoms with Gasteiger partial charge in [0.15, 0.2) is 0 Å². The lowest BCUT2D eigenvalue weighted by atomic mass is 10.0. The van der Waals surface area contributed by atoms with Crippen LogP contribution in [0.2, 0.25) is 0 Å². The fourth-order valence-electron chi connectivity index (χ4n) is 1.96. The Balaban J connectivity index is 2.04. The van der Waals surface area contributed by atoms with E-state index in [0.29, 0.717) is 6.54 Å². The number of nitrogens with zero attached hydrogens (tertiary/aromatic N) is 1. The second-order valence-electron chi connectivity index (χ2n) is 4.71. The first-order chi connectivity index (χ1) is 8.01. The number of benzene rings is 1. The summed E-state index contributed by atoms with van der Waals surface area (Å²) < 4.78 is 0. The van der Waals surface area contributed by atoms with Gasteiger partial charge in [-0.25, -0.2) is 4.79 Å². The number of amides is 3. The Morgan fingerprint density at radius 3 is 2.35 bits per heavy atom. The number of nitrogens with one attached hydrogen (secondary N) is 1. The van der Waals surface area contributed by atoms with Gasteiger partial charge in [0, 0.05) is 6.54 Å². The van der Waals surface area contributed by atoms with E-state index < -0.39 is 5.54 Å². The predicted octanol–water partition coefficient (Wildman–Crippen LogP) is 1.56. The van der Waals surface area contributed by atoms with Crippen LogP contribution in [0, 0.1) is 0 Å². The van der Waals surface area contributed by atoms with E-state index in [1.54, 1.807) is 18.7 Å². The molecule has 0 unspecified atom stereocenters. The third kappa shape index (κ3) is 2.16. The molecule has 0 bridgehead atoms. The highest BCUT2D eigenvalue weighted by Crippen LogP contribution is 2.21. The molecule has 0 radical (unpaired) electrons. The largest absolute Gasteiger partial charge is 0.325 e. The van der Waals surface area contributed by atoms with E-state index in [9.17, 15) is 9.59 Å². The fourth-order valence-corrected chi connectivity index (χ4v) is 1.96. The minimum absolute atomic E-state index is 0.226. The Morgan fingerprint density at radius 1 is 1.18 bits per heavy atom. The molecule has 3 amide bonds. The minimum Gasteiger partial charge on any atom is -0.310 e. The van der Waals surface area contributed by atoms with Crippen molar-refractivity contribution in [3.8, 4) is 0 Å². The van der Waals surface area contributed by atoms with Crippen molar-refractivity contribution in [2.45, 2.75) is 25.8 Å².